The number of likely N-dealkylation sites (N-methyl/N-ethyl adjacent to an activating group) is 2. The van der Waals surface area contributed by atoms with Crippen LogP contribution in [-0.4, -0.2) is 31.0 Å². The molecule has 0 aromatic carbocycles. The van der Waals surface area contributed by atoms with Crippen molar-refractivity contribution in [2.24, 2.45) is 0 Å². The third-order valence-electron chi connectivity index (χ3n) is 1.92. The van der Waals surface area contributed by atoms with Gasteiger partial charge in [0.05, 0.1) is 6.54 Å². The van der Waals surface area contributed by atoms with E-state index in [0.29, 0.717) is 18.1 Å². The number of nitrogen functional groups attached to an aromatic ring is 1. The number of pyridine rings is 1. The summed E-state index contributed by atoms with van der Waals surface area (Å²) in [6.45, 7) is 2.80. The summed E-state index contributed by atoms with van der Waals surface area (Å²) in [4.78, 5) is 17.2. The summed E-state index contributed by atoms with van der Waals surface area (Å²) >= 11 is 0. The maximum atomic E-state index is 11.3. The van der Waals surface area contributed by atoms with Gasteiger partial charge < -0.3 is 16.0 Å². The molecule has 0 aliphatic heterocycles. The van der Waals surface area contributed by atoms with Crippen LogP contribution in [0.3, 0.4) is 0 Å². The topological polar surface area (TPSA) is 71.2 Å². The third-order valence-corrected chi connectivity index (χ3v) is 1.92. The van der Waals surface area contributed by atoms with Crippen LogP contribution in [0.4, 0.5) is 11.5 Å². The predicted octanol–water partition coefficient (Wildman–Crippen LogP) is 0.236. The number of nitrogens with zero attached hydrogens (tertiary/aromatic N) is 2. The first kappa shape index (κ1) is 11.3. The molecule has 15 heavy (non-hydrogen) atoms. The Bertz CT molecular complexity index is 340. The van der Waals surface area contributed by atoms with Crippen LogP contribution in [-0.2, 0) is 4.79 Å². The number of rotatable bonds is 4. The molecule has 1 rings (SSSR count). The Morgan fingerprint density at radius 3 is 3.00 bits per heavy atom. The summed E-state index contributed by atoms with van der Waals surface area (Å²) in [5, 5.41) is 2.72. The van der Waals surface area contributed by atoms with Crippen molar-refractivity contribution in [3.63, 3.8) is 0 Å². The van der Waals surface area contributed by atoms with Crippen molar-refractivity contribution in [2.45, 2.75) is 6.92 Å². The van der Waals surface area contributed by atoms with Gasteiger partial charge in [0, 0.05) is 31.5 Å². The number of nitrogens with two attached hydrogens (primary N) is 1. The summed E-state index contributed by atoms with van der Waals surface area (Å²) in [5.41, 5.74) is 6.26. The lowest BCUT2D eigenvalue weighted by Gasteiger charge is -2.17. The van der Waals surface area contributed by atoms with Gasteiger partial charge in [0.15, 0.2) is 0 Å². The number of carbonyl (C=O) groups is 1. The highest BCUT2D eigenvalue weighted by atomic mass is 16.2. The largest absolute Gasteiger partial charge is 0.399 e. The van der Waals surface area contributed by atoms with E-state index in [2.05, 4.69) is 10.3 Å². The van der Waals surface area contributed by atoms with Crippen molar-refractivity contribution in [1.29, 1.82) is 0 Å². The molecule has 5 nitrogen and oxygen atoms in total. The molecule has 3 N–H and O–H groups in total. The number of hydrogen-bond donors (Lipinski definition) is 2. The van der Waals surface area contributed by atoms with Crippen molar-refractivity contribution >= 4 is 17.4 Å². The van der Waals surface area contributed by atoms with Gasteiger partial charge in [-0.2, -0.15) is 0 Å². The zero-order valence-electron chi connectivity index (χ0n) is 9.03. The van der Waals surface area contributed by atoms with Gasteiger partial charge in [-0.1, -0.05) is 0 Å². The van der Waals surface area contributed by atoms with Gasteiger partial charge in [-0.25, -0.2) is 4.98 Å². The maximum absolute atomic E-state index is 11.3. The number of carbonyl (C=O) groups excluding carboxylic acids is 1. The molecule has 0 unspecified atom stereocenters. The van der Waals surface area contributed by atoms with Crippen molar-refractivity contribution < 1.29 is 4.79 Å². The average molecular weight is 208 g/mol. The third kappa shape index (κ3) is 3.46. The van der Waals surface area contributed by atoms with E-state index >= 15 is 0 Å². The molecule has 0 saturated heterocycles. The minimum atomic E-state index is -0.0239. The second-order valence-electron chi connectivity index (χ2n) is 3.26. The molecule has 82 valence electrons. The van der Waals surface area contributed by atoms with Gasteiger partial charge in [-0.3, -0.25) is 4.79 Å². The Labute approximate surface area is 89.3 Å². The molecule has 0 aliphatic carbocycles. The Kier molecular flexibility index (Phi) is 3.91. The summed E-state index contributed by atoms with van der Waals surface area (Å²) < 4.78 is 0. The summed E-state index contributed by atoms with van der Waals surface area (Å²) in [6.07, 6.45) is 1.62. The van der Waals surface area contributed by atoms with Crippen molar-refractivity contribution in [3.05, 3.63) is 18.3 Å². The Morgan fingerprint density at radius 1 is 1.67 bits per heavy atom. The molecular formula is C10H16N4O. The first-order valence-corrected chi connectivity index (χ1v) is 4.83. The number of amides is 1. The van der Waals surface area contributed by atoms with Crippen LogP contribution in [0.15, 0.2) is 18.3 Å². The number of hydrogen-bond acceptors (Lipinski definition) is 4. The highest BCUT2D eigenvalue weighted by Crippen LogP contribution is 2.11. The lowest BCUT2D eigenvalue weighted by molar-refractivity contribution is -0.119. The summed E-state index contributed by atoms with van der Waals surface area (Å²) in [5.74, 6) is 0.672. The van der Waals surface area contributed by atoms with E-state index < -0.39 is 0 Å². The second-order valence-corrected chi connectivity index (χ2v) is 3.26. The standard InChI is InChI=1S/C10H16N4O/c1-3-12-10(15)7-14(2)9-6-8(11)4-5-13-9/h4-6H,3,7H2,1-2H3,(H2,11,13)(H,12,15). The van der Waals surface area contributed by atoms with Crippen LogP contribution in [0.5, 0.6) is 0 Å². The molecule has 0 fully saturated rings. The number of anilines is 2. The van der Waals surface area contributed by atoms with Gasteiger partial charge in [-0.15, -0.1) is 0 Å². The molecular weight excluding hydrogens is 192 g/mol. The summed E-state index contributed by atoms with van der Waals surface area (Å²) in [6, 6.07) is 3.45. The highest BCUT2D eigenvalue weighted by Gasteiger charge is 2.07. The van der Waals surface area contributed by atoms with Gasteiger partial charge in [0.2, 0.25) is 5.91 Å². The summed E-state index contributed by atoms with van der Waals surface area (Å²) in [7, 11) is 1.80. The SMILES string of the molecule is CCNC(=O)CN(C)c1cc(N)ccn1. The van der Waals surface area contributed by atoms with Crippen molar-refractivity contribution in [1.82, 2.24) is 10.3 Å². The van der Waals surface area contributed by atoms with E-state index in [0.717, 1.165) is 0 Å². The molecule has 5 heteroatoms. The molecule has 0 saturated carbocycles. The van der Waals surface area contributed by atoms with E-state index in [9.17, 15) is 4.79 Å². The van der Waals surface area contributed by atoms with Crippen molar-refractivity contribution in [3.8, 4) is 0 Å². The fourth-order valence-electron chi connectivity index (χ4n) is 1.19. The monoisotopic (exact) mass is 208 g/mol. The average Bonchev–Trinajstić information content (AvgIpc) is 2.18. The Hall–Kier alpha value is -1.78. The van der Waals surface area contributed by atoms with E-state index in [1.54, 1.807) is 30.3 Å². The zero-order valence-corrected chi connectivity index (χ0v) is 9.03. The Morgan fingerprint density at radius 2 is 2.40 bits per heavy atom. The van der Waals surface area contributed by atoms with Gasteiger partial charge in [0.1, 0.15) is 5.82 Å². The minimum Gasteiger partial charge on any atom is -0.399 e. The minimum absolute atomic E-state index is 0.0239. The van der Waals surface area contributed by atoms with Crippen LogP contribution < -0.4 is 16.0 Å². The van der Waals surface area contributed by atoms with Crippen LogP contribution in [0.2, 0.25) is 0 Å². The predicted molar refractivity (Wildman–Crippen MR) is 60.6 cm³/mol. The van der Waals surface area contributed by atoms with Crippen LogP contribution >= 0.6 is 0 Å². The van der Waals surface area contributed by atoms with E-state index in [4.69, 9.17) is 5.73 Å². The molecule has 0 atom stereocenters. The van der Waals surface area contributed by atoms with E-state index in [1.807, 2.05) is 6.92 Å². The quantitative estimate of drug-likeness (QED) is 0.743. The maximum Gasteiger partial charge on any atom is 0.239 e. The fraction of sp³-hybridized carbons (Fsp3) is 0.400. The van der Waals surface area contributed by atoms with E-state index in [1.165, 1.54) is 0 Å². The molecule has 1 aromatic heterocycles. The Balaban J connectivity index is 2.60. The molecule has 0 spiro atoms. The fourth-order valence-corrected chi connectivity index (χ4v) is 1.19. The van der Waals surface area contributed by atoms with Crippen LogP contribution in [0, 0.1) is 0 Å². The molecule has 1 amide bonds. The van der Waals surface area contributed by atoms with Gasteiger partial charge in [0.25, 0.3) is 0 Å². The lowest BCUT2D eigenvalue weighted by Crippen LogP contribution is -2.35. The smallest absolute Gasteiger partial charge is 0.239 e. The number of nitrogens with one attached hydrogen (secondary N) is 1. The molecule has 0 bridgehead atoms. The van der Waals surface area contributed by atoms with Crippen molar-refractivity contribution in [2.75, 3.05) is 30.8 Å². The molecule has 1 heterocycles. The van der Waals surface area contributed by atoms with Crippen LogP contribution in [0.25, 0.3) is 0 Å². The normalized spacial score (nSPS) is 9.73. The highest BCUT2D eigenvalue weighted by molar-refractivity contribution is 5.80. The molecule has 0 radical (unpaired) electrons. The zero-order chi connectivity index (χ0) is 11.3. The van der Waals surface area contributed by atoms with Crippen LogP contribution in [0.1, 0.15) is 6.92 Å². The second kappa shape index (κ2) is 5.19. The number of aromatic nitrogens is 1. The first-order chi connectivity index (χ1) is 7.13. The van der Waals surface area contributed by atoms with Gasteiger partial charge >= 0.3 is 0 Å². The van der Waals surface area contributed by atoms with Gasteiger partial charge in [-0.05, 0) is 13.0 Å². The lowest BCUT2D eigenvalue weighted by atomic mass is 10.4. The molecule has 1 aromatic rings. The van der Waals surface area contributed by atoms with E-state index in [-0.39, 0.29) is 12.5 Å². The first-order valence-electron chi connectivity index (χ1n) is 4.83. The molecule has 0 aliphatic rings.